The van der Waals surface area contributed by atoms with Gasteiger partial charge in [0.1, 0.15) is 0 Å². The highest BCUT2D eigenvalue weighted by molar-refractivity contribution is 5.86. The fraction of sp³-hybridized carbons (Fsp3) is 0.300. The summed E-state index contributed by atoms with van der Waals surface area (Å²) in [4.78, 5) is 24.2. The summed E-state index contributed by atoms with van der Waals surface area (Å²) in [6.07, 6.45) is 0.353. The van der Waals surface area contributed by atoms with Crippen molar-refractivity contribution < 1.29 is 19.4 Å². The van der Waals surface area contributed by atoms with Gasteiger partial charge < -0.3 is 15.2 Å². The van der Waals surface area contributed by atoms with Crippen molar-refractivity contribution in [3.63, 3.8) is 0 Å². The van der Waals surface area contributed by atoms with Crippen LogP contribution in [0.3, 0.4) is 0 Å². The zero-order chi connectivity index (χ0) is 18.3. The van der Waals surface area contributed by atoms with Gasteiger partial charge in [-0.15, -0.1) is 0 Å². The molecule has 0 saturated carbocycles. The summed E-state index contributed by atoms with van der Waals surface area (Å²) >= 11 is 0. The maximum absolute atomic E-state index is 12.6. The Bertz CT molecular complexity index is 702. The van der Waals surface area contributed by atoms with Gasteiger partial charge in [0.05, 0.1) is 5.92 Å². The van der Waals surface area contributed by atoms with Gasteiger partial charge in [0.2, 0.25) is 0 Å². The minimum atomic E-state index is -1.17. The SMILES string of the molecule is COC(C)(C(=O)NCC(Cc1ccccc1)C(=O)O)c1ccccc1. The molecule has 5 heteroatoms. The maximum Gasteiger partial charge on any atom is 0.308 e. The highest BCUT2D eigenvalue weighted by Crippen LogP contribution is 2.24. The smallest absolute Gasteiger partial charge is 0.308 e. The Hall–Kier alpha value is -2.66. The van der Waals surface area contributed by atoms with E-state index in [0.717, 1.165) is 5.56 Å². The molecule has 0 heterocycles. The first kappa shape index (κ1) is 18.7. The summed E-state index contributed by atoms with van der Waals surface area (Å²) < 4.78 is 5.44. The van der Waals surface area contributed by atoms with E-state index in [0.29, 0.717) is 12.0 Å². The average Bonchev–Trinajstić information content (AvgIpc) is 2.65. The molecule has 5 nitrogen and oxygen atoms in total. The Kier molecular flexibility index (Phi) is 6.31. The van der Waals surface area contributed by atoms with Crippen molar-refractivity contribution >= 4 is 11.9 Å². The van der Waals surface area contributed by atoms with Crippen molar-refractivity contribution in [2.45, 2.75) is 18.9 Å². The fourth-order valence-electron chi connectivity index (χ4n) is 2.63. The number of methoxy groups -OCH3 is 1. The molecule has 2 unspecified atom stereocenters. The Morgan fingerprint density at radius 3 is 2.16 bits per heavy atom. The summed E-state index contributed by atoms with van der Waals surface area (Å²) in [5.74, 6) is -2.01. The quantitative estimate of drug-likeness (QED) is 0.774. The second-order valence-corrected chi connectivity index (χ2v) is 6.04. The van der Waals surface area contributed by atoms with E-state index in [1.807, 2.05) is 60.7 Å². The third-order valence-electron chi connectivity index (χ3n) is 4.35. The monoisotopic (exact) mass is 341 g/mol. The number of carbonyl (C=O) groups excluding carboxylic acids is 1. The van der Waals surface area contributed by atoms with Crippen LogP contribution in [0.5, 0.6) is 0 Å². The lowest BCUT2D eigenvalue weighted by atomic mass is 9.94. The van der Waals surface area contributed by atoms with Crippen LogP contribution in [-0.4, -0.2) is 30.6 Å². The predicted octanol–water partition coefficient (Wildman–Crippen LogP) is 2.61. The van der Waals surface area contributed by atoms with Gasteiger partial charge in [-0.25, -0.2) is 0 Å². The Morgan fingerprint density at radius 2 is 1.64 bits per heavy atom. The number of amides is 1. The number of aliphatic carboxylic acids is 1. The standard InChI is InChI=1S/C20H23NO4/c1-20(25-2,17-11-7-4-8-12-17)19(24)21-14-16(18(22)23)13-15-9-5-3-6-10-15/h3-12,16H,13-14H2,1-2H3,(H,21,24)(H,22,23). The lowest BCUT2D eigenvalue weighted by Gasteiger charge is -2.28. The summed E-state index contributed by atoms with van der Waals surface area (Å²) in [5.41, 5.74) is 0.462. The van der Waals surface area contributed by atoms with Crippen molar-refractivity contribution in [2.75, 3.05) is 13.7 Å². The molecule has 0 saturated heterocycles. The van der Waals surface area contributed by atoms with E-state index in [1.54, 1.807) is 6.92 Å². The van der Waals surface area contributed by atoms with Crippen molar-refractivity contribution in [1.82, 2.24) is 5.32 Å². The van der Waals surface area contributed by atoms with Crippen molar-refractivity contribution in [3.8, 4) is 0 Å². The van der Waals surface area contributed by atoms with Crippen LogP contribution in [0.4, 0.5) is 0 Å². The first-order valence-electron chi connectivity index (χ1n) is 8.13. The normalized spacial score (nSPS) is 14.3. The lowest BCUT2D eigenvalue weighted by Crippen LogP contribution is -2.46. The van der Waals surface area contributed by atoms with Gasteiger partial charge in [-0.3, -0.25) is 9.59 Å². The van der Waals surface area contributed by atoms with Crippen LogP contribution in [0.2, 0.25) is 0 Å². The van der Waals surface area contributed by atoms with Gasteiger partial charge in [-0.2, -0.15) is 0 Å². The Balaban J connectivity index is 2.06. The van der Waals surface area contributed by atoms with Gasteiger partial charge in [-0.05, 0) is 24.5 Å². The van der Waals surface area contributed by atoms with Crippen LogP contribution in [0.1, 0.15) is 18.1 Å². The summed E-state index contributed by atoms with van der Waals surface area (Å²) in [6, 6.07) is 18.5. The Labute approximate surface area is 147 Å². The van der Waals surface area contributed by atoms with E-state index >= 15 is 0 Å². The van der Waals surface area contributed by atoms with Crippen LogP contribution in [0.15, 0.2) is 60.7 Å². The van der Waals surface area contributed by atoms with Crippen molar-refractivity contribution in [1.29, 1.82) is 0 Å². The van der Waals surface area contributed by atoms with Gasteiger partial charge in [-0.1, -0.05) is 60.7 Å². The lowest BCUT2D eigenvalue weighted by molar-refractivity contribution is -0.144. The molecule has 2 atom stereocenters. The second kappa shape index (κ2) is 8.44. The van der Waals surface area contributed by atoms with E-state index in [4.69, 9.17) is 4.74 Å². The summed E-state index contributed by atoms with van der Waals surface area (Å²) in [6.45, 7) is 1.71. The minimum Gasteiger partial charge on any atom is -0.481 e. The molecule has 2 aromatic rings. The third-order valence-corrected chi connectivity index (χ3v) is 4.35. The maximum atomic E-state index is 12.6. The highest BCUT2D eigenvalue weighted by Gasteiger charge is 2.35. The molecule has 2 rings (SSSR count). The van der Waals surface area contributed by atoms with Crippen LogP contribution in [0, 0.1) is 5.92 Å². The molecule has 25 heavy (non-hydrogen) atoms. The van der Waals surface area contributed by atoms with Gasteiger partial charge >= 0.3 is 5.97 Å². The topological polar surface area (TPSA) is 75.6 Å². The number of carbonyl (C=O) groups is 2. The molecule has 0 aromatic heterocycles. The number of nitrogens with one attached hydrogen (secondary N) is 1. The van der Waals surface area contributed by atoms with E-state index in [1.165, 1.54) is 7.11 Å². The number of carboxylic acids is 1. The Morgan fingerprint density at radius 1 is 1.08 bits per heavy atom. The van der Waals surface area contributed by atoms with E-state index in [-0.39, 0.29) is 12.5 Å². The first-order valence-corrected chi connectivity index (χ1v) is 8.13. The predicted molar refractivity (Wildman–Crippen MR) is 95.1 cm³/mol. The number of carboxylic acid groups (broad SMARTS) is 1. The van der Waals surface area contributed by atoms with E-state index in [9.17, 15) is 14.7 Å². The van der Waals surface area contributed by atoms with Crippen LogP contribution in [-0.2, 0) is 26.3 Å². The van der Waals surface area contributed by atoms with Gasteiger partial charge in [0.25, 0.3) is 5.91 Å². The number of rotatable bonds is 8. The number of benzene rings is 2. The largest absolute Gasteiger partial charge is 0.481 e. The molecule has 0 bridgehead atoms. The third kappa shape index (κ3) is 4.67. The zero-order valence-corrected chi connectivity index (χ0v) is 14.4. The summed E-state index contributed by atoms with van der Waals surface area (Å²) in [5, 5.41) is 12.2. The number of hydrogen-bond acceptors (Lipinski definition) is 3. The molecule has 1 amide bonds. The molecule has 0 aliphatic heterocycles. The minimum absolute atomic E-state index is 0.0366. The molecule has 0 fully saturated rings. The molecule has 2 N–H and O–H groups in total. The zero-order valence-electron chi connectivity index (χ0n) is 14.4. The number of hydrogen-bond donors (Lipinski definition) is 2. The summed E-state index contributed by atoms with van der Waals surface area (Å²) in [7, 11) is 1.46. The molecule has 0 aliphatic rings. The van der Waals surface area contributed by atoms with Crippen LogP contribution in [0.25, 0.3) is 0 Å². The van der Waals surface area contributed by atoms with Gasteiger partial charge in [0.15, 0.2) is 5.60 Å². The molecule has 132 valence electrons. The van der Waals surface area contributed by atoms with Crippen LogP contribution >= 0.6 is 0 Å². The van der Waals surface area contributed by atoms with Crippen molar-refractivity contribution in [3.05, 3.63) is 71.8 Å². The van der Waals surface area contributed by atoms with E-state index in [2.05, 4.69) is 5.32 Å². The molecular weight excluding hydrogens is 318 g/mol. The van der Waals surface area contributed by atoms with E-state index < -0.39 is 17.5 Å². The first-order chi connectivity index (χ1) is 12.0. The molecule has 0 spiro atoms. The highest BCUT2D eigenvalue weighted by atomic mass is 16.5. The number of ether oxygens (including phenoxy) is 1. The molecule has 0 radical (unpaired) electrons. The fourth-order valence-corrected chi connectivity index (χ4v) is 2.63. The second-order valence-electron chi connectivity index (χ2n) is 6.04. The molecule has 0 aliphatic carbocycles. The van der Waals surface area contributed by atoms with Crippen LogP contribution < -0.4 is 5.32 Å². The van der Waals surface area contributed by atoms with Gasteiger partial charge in [0, 0.05) is 13.7 Å². The molecule has 2 aromatic carbocycles. The average molecular weight is 341 g/mol. The molecular formula is C20H23NO4. The van der Waals surface area contributed by atoms with Crippen molar-refractivity contribution in [2.24, 2.45) is 5.92 Å².